The smallest absolute Gasteiger partial charge is 0.433 e. The van der Waals surface area contributed by atoms with Gasteiger partial charge >= 0.3 is 6.09 Å². The third-order valence-electron chi connectivity index (χ3n) is 3.37. The van der Waals surface area contributed by atoms with Gasteiger partial charge in [0.05, 0.1) is 30.7 Å². The Balaban J connectivity index is 2.17. The third kappa shape index (κ3) is 3.37. The van der Waals surface area contributed by atoms with E-state index >= 15 is 0 Å². The summed E-state index contributed by atoms with van der Waals surface area (Å²) in [5, 5.41) is 8.73. The fourth-order valence-electron chi connectivity index (χ4n) is 2.24. The number of fused-ring (bicyclic) bond motifs is 1. The number of hydrogen-bond acceptors (Lipinski definition) is 6. The van der Waals surface area contributed by atoms with Crippen molar-refractivity contribution in [2.75, 3.05) is 6.26 Å². The van der Waals surface area contributed by atoms with E-state index in [2.05, 4.69) is 30.9 Å². The molecule has 0 saturated heterocycles. The lowest BCUT2D eigenvalue weighted by Crippen LogP contribution is -2.13. The van der Waals surface area contributed by atoms with Crippen LogP contribution in [0, 0.1) is 0 Å². The van der Waals surface area contributed by atoms with E-state index in [1.807, 2.05) is 0 Å². The molecule has 4 N–H and O–H groups in total. The van der Waals surface area contributed by atoms with E-state index in [0.717, 1.165) is 11.3 Å². The Morgan fingerprint density at radius 2 is 2.15 bits per heavy atom. The maximum absolute atomic E-state index is 13.1. The lowest BCUT2D eigenvalue weighted by molar-refractivity contribution is 0.205. The Kier molecular flexibility index (Phi) is 5.10. The van der Waals surface area contributed by atoms with E-state index in [-0.39, 0.29) is 20.5 Å². The molecule has 0 radical (unpaired) electrons. The monoisotopic (exact) mass is 474 g/mol. The van der Waals surface area contributed by atoms with Crippen LogP contribution in [0.15, 0.2) is 48.0 Å². The normalized spacial score (nSPS) is 12.6. The SMILES string of the molecule is CSc1sc(/C(N)=N\C(=O)O)cc1S(=O)(=O)c1cc(Br)c2nc[nH]c2c1. The average Bonchev–Trinajstić information content (AvgIpc) is 3.21. The van der Waals surface area contributed by atoms with Crippen LogP contribution in [0.25, 0.3) is 11.0 Å². The molecule has 0 unspecified atom stereocenters. The highest BCUT2D eigenvalue weighted by molar-refractivity contribution is 9.10. The van der Waals surface area contributed by atoms with E-state index in [0.29, 0.717) is 19.7 Å². The minimum atomic E-state index is -3.86. The number of nitrogens with two attached hydrogens (primary N) is 1. The highest BCUT2D eigenvalue weighted by Crippen LogP contribution is 2.38. The average molecular weight is 475 g/mol. The second-order valence-electron chi connectivity index (χ2n) is 4.95. The maximum atomic E-state index is 13.1. The summed E-state index contributed by atoms with van der Waals surface area (Å²) in [6.07, 6.45) is 1.76. The van der Waals surface area contributed by atoms with Gasteiger partial charge in [0.25, 0.3) is 0 Å². The van der Waals surface area contributed by atoms with E-state index in [4.69, 9.17) is 10.8 Å². The van der Waals surface area contributed by atoms with Gasteiger partial charge in [0.1, 0.15) is 11.4 Å². The second kappa shape index (κ2) is 7.02. The zero-order valence-electron chi connectivity index (χ0n) is 13.1. The molecular formula is C14H11BrN4O4S3. The number of thioether (sulfide) groups is 1. The minimum absolute atomic E-state index is 0.0549. The van der Waals surface area contributed by atoms with Gasteiger partial charge < -0.3 is 15.8 Å². The van der Waals surface area contributed by atoms with Crippen LogP contribution in [0.5, 0.6) is 0 Å². The number of thiophene rings is 1. The number of halogens is 1. The van der Waals surface area contributed by atoms with Crippen LogP contribution in [0.4, 0.5) is 4.79 Å². The number of nitrogens with one attached hydrogen (secondary N) is 1. The molecule has 0 fully saturated rings. The first-order valence-electron chi connectivity index (χ1n) is 6.87. The van der Waals surface area contributed by atoms with Crippen LogP contribution in [-0.4, -0.2) is 41.7 Å². The molecule has 1 amide bonds. The van der Waals surface area contributed by atoms with Crippen LogP contribution in [-0.2, 0) is 9.84 Å². The first-order valence-corrected chi connectivity index (χ1v) is 11.2. The van der Waals surface area contributed by atoms with Crippen molar-refractivity contribution < 1.29 is 18.3 Å². The van der Waals surface area contributed by atoms with Gasteiger partial charge in [-0.25, -0.2) is 18.2 Å². The fourth-order valence-corrected chi connectivity index (χ4v) is 6.90. The molecule has 136 valence electrons. The highest BCUT2D eigenvalue weighted by Gasteiger charge is 2.26. The van der Waals surface area contributed by atoms with E-state index in [1.165, 1.54) is 36.3 Å². The quantitative estimate of drug-likeness (QED) is 0.299. The zero-order valence-corrected chi connectivity index (χ0v) is 17.1. The number of aromatic nitrogens is 2. The number of amides is 1. The van der Waals surface area contributed by atoms with E-state index in [1.54, 1.807) is 6.26 Å². The third-order valence-corrected chi connectivity index (χ3v) is 8.28. The van der Waals surface area contributed by atoms with E-state index in [9.17, 15) is 13.2 Å². The number of nitrogens with zero attached hydrogens (tertiary/aromatic N) is 2. The molecule has 0 aliphatic carbocycles. The molecule has 26 heavy (non-hydrogen) atoms. The molecule has 0 spiro atoms. The lowest BCUT2D eigenvalue weighted by atomic mass is 10.3. The van der Waals surface area contributed by atoms with Gasteiger partial charge in [0.2, 0.25) is 9.84 Å². The standard InChI is InChI=1S/C14H11BrN4O4S3/c1-24-13-10(4-9(25-13)12(16)19-14(20)21)26(22,23)6-2-7(15)11-8(3-6)17-5-18-11/h2-5H,1H3,(H2,16,19)(H,17,18)(H,20,21). The number of carboxylic acid groups (broad SMARTS) is 1. The molecule has 8 nitrogen and oxygen atoms in total. The number of H-pyrrole nitrogens is 1. The molecule has 0 atom stereocenters. The number of benzene rings is 1. The Hall–Kier alpha value is -1.89. The Bertz CT molecular complexity index is 1150. The maximum Gasteiger partial charge on any atom is 0.433 e. The first kappa shape index (κ1) is 18.9. The molecule has 3 rings (SSSR count). The fraction of sp³-hybridized carbons (Fsp3) is 0.0714. The van der Waals surface area contributed by atoms with Crippen molar-refractivity contribution in [3.8, 4) is 0 Å². The molecule has 2 heterocycles. The summed E-state index contributed by atoms with van der Waals surface area (Å²) in [7, 11) is -3.86. The number of aromatic amines is 1. The number of carbonyl (C=O) groups is 1. The van der Waals surface area contributed by atoms with Gasteiger partial charge in [-0.3, -0.25) is 0 Å². The molecule has 3 aromatic rings. The van der Waals surface area contributed by atoms with Gasteiger partial charge in [0, 0.05) is 4.47 Å². The van der Waals surface area contributed by atoms with E-state index < -0.39 is 15.9 Å². The zero-order chi connectivity index (χ0) is 19.1. The van der Waals surface area contributed by atoms with Crippen LogP contribution in [0.3, 0.4) is 0 Å². The lowest BCUT2D eigenvalue weighted by Gasteiger charge is -2.06. The van der Waals surface area contributed by atoms with Crippen LogP contribution in [0.2, 0.25) is 0 Å². The van der Waals surface area contributed by atoms with Crippen molar-refractivity contribution >= 4 is 71.8 Å². The van der Waals surface area contributed by atoms with Gasteiger partial charge in [0.15, 0.2) is 0 Å². The molecule has 12 heteroatoms. The molecule has 1 aromatic carbocycles. The predicted octanol–water partition coefficient (Wildman–Crippen LogP) is 3.32. The second-order valence-corrected chi connectivity index (χ2v) is 9.85. The number of rotatable bonds is 4. The highest BCUT2D eigenvalue weighted by atomic mass is 79.9. The predicted molar refractivity (Wildman–Crippen MR) is 104 cm³/mol. The van der Waals surface area contributed by atoms with Crippen molar-refractivity contribution in [2.24, 2.45) is 10.7 Å². The molecule has 0 aliphatic heterocycles. The topological polar surface area (TPSA) is 138 Å². The Labute approximate surface area is 164 Å². The van der Waals surface area contributed by atoms with Gasteiger partial charge in [-0.1, -0.05) is 0 Å². The van der Waals surface area contributed by atoms with Crippen LogP contribution >= 0.6 is 39.0 Å². The van der Waals surface area contributed by atoms with Gasteiger partial charge in [-0.2, -0.15) is 4.99 Å². The van der Waals surface area contributed by atoms with Crippen molar-refractivity contribution in [3.63, 3.8) is 0 Å². The number of aliphatic imine (C=N–C) groups is 1. The summed E-state index contributed by atoms with van der Waals surface area (Å²) in [6, 6.07) is 4.33. The van der Waals surface area contributed by atoms with Crippen LogP contribution in [0.1, 0.15) is 4.88 Å². The Morgan fingerprint density at radius 3 is 2.81 bits per heavy atom. The summed E-state index contributed by atoms with van der Waals surface area (Å²) in [5.41, 5.74) is 6.85. The molecular weight excluding hydrogens is 464 g/mol. The largest absolute Gasteiger partial charge is 0.463 e. The Morgan fingerprint density at radius 1 is 1.42 bits per heavy atom. The number of hydrogen-bond donors (Lipinski definition) is 3. The summed E-state index contributed by atoms with van der Waals surface area (Å²) in [4.78, 5) is 21.3. The summed E-state index contributed by atoms with van der Waals surface area (Å²) < 4.78 is 27.3. The molecule has 0 aliphatic rings. The number of imidazole rings is 1. The summed E-state index contributed by atoms with van der Waals surface area (Å²) in [6.45, 7) is 0. The summed E-state index contributed by atoms with van der Waals surface area (Å²) in [5.74, 6) is -0.246. The first-order chi connectivity index (χ1) is 12.2. The molecule has 0 bridgehead atoms. The van der Waals surface area contributed by atoms with Crippen LogP contribution < -0.4 is 5.73 Å². The van der Waals surface area contributed by atoms with Crippen molar-refractivity contribution in [1.29, 1.82) is 0 Å². The van der Waals surface area contributed by atoms with Crippen molar-refractivity contribution in [1.82, 2.24) is 9.97 Å². The molecule has 2 aromatic heterocycles. The van der Waals surface area contributed by atoms with Crippen molar-refractivity contribution in [2.45, 2.75) is 14.0 Å². The van der Waals surface area contributed by atoms with Gasteiger partial charge in [-0.05, 0) is 40.4 Å². The minimum Gasteiger partial charge on any atom is -0.463 e. The molecule has 0 saturated carbocycles. The van der Waals surface area contributed by atoms with Gasteiger partial charge in [-0.15, -0.1) is 23.1 Å². The summed E-state index contributed by atoms with van der Waals surface area (Å²) >= 11 is 5.64. The number of amidine groups is 1. The number of sulfone groups is 1. The van der Waals surface area contributed by atoms with Crippen molar-refractivity contribution in [3.05, 3.63) is 33.9 Å².